The second-order valence-electron chi connectivity index (χ2n) is 6.40. The second kappa shape index (κ2) is 11.2. The predicted octanol–water partition coefficient (Wildman–Crippen LogP) is 2.41. The van der Waals surface area contributed by atoms with Gasteiger partial charge in [-0.15, -0.1) is 0 Å². The number of nitrogens with two attached hydrogens (primary N) is 1. The fourth-order valence-electron chi connectivity index (χ4n) is 2.87. The lowest BCUT2D eigenvalue weighted by atomic mass is 10.1. The molecule has 0 spiro atoms. The predicted molar refractivity (Wildman–Crippen MR) is 98.2 cm³/mol. The zero-order chi connectivity index (χ0) is 17.0. The third-order valence-electron chi connectivity index (χ3n) is 4.42. The van der Waals surface area contributed by atoms with Crippen molar-refractivity contribution in [3.63, 3.8) is 0 Å². The van der Waals surface area contributed by atoms with Crippen molar-refractivity contribution in [2.75, 3.05) is 44.7 Å². The summed E-state index contributed by atoms with van der Waals surface area (Å²) in [4.78, 5) is 14.3. The number of nitrogens with zero attached hydrogens (tertiary/aromatic N) is 1. The Morgan fingerprint density at radius 1 is 1.08 bits per heavy atom. The second-order valence-corrected chi connectivity index (χ2v) is 6.40. The first kappa shape index (κ1) is 18.9. The highest BCUT2D eigenvalue weighted by Gasteiger charge is 2.09. The fourth-order valence-corrected chi connectivity index (χ4v) is 2.87. The molecule has 0 atom stereocenters. The summed E-state index contributed by atoms with van der Waals surface area (Å²) in [6.07, 6.45) is 5.79. The van der Waals surface area contributed by atoms with Gasteiger partial charge in [0.05, 0.1) is 13.2 Å². The standard InChI is InChI=1S/C19H31N3O2/c20-11-4-2-1-3-5-19(23)21-18-8-6-17(7-9-18)10-12-22-13-15-24-16-14-22/h6-9H,1-5,10-16,20H2,(H,21,23). The van der Waals surface area contributed by atoms with E-state index < -0.39 is 0 Å². The van der Waals surface area contributed by atoms with Gasteiger partial charge in [0.25, 0.3) is 0 Å². The molecule has 134 valence electrons. The molecule has 0 aliphatic carbocycles. The van der Waals surface area contributed by atoms with Crippen molar-refractivity contribution in [2.45, 2.75) is 38.5 Å². The van der Waals surface area contributed by atoms with Crippen LogP contribution in [0.1, 0.15) is 37.7 Å². The summed E-state index contributed by atoms with van der Waals surface area (Å²) in [6, 6.07) is 8.22. The van der Waals surface area contributed by atoms with E-state index in [4.69, 9.17) is 10.5 Å². The first-order valence-corrected chi connectivity index (χ1v) is 9.17. The van der Waals surface area contributed by atoms with Crippen molar-refractivity contribution in [1.29, 1.82) is 0 Å². The molecule has 1 fully saturated rings. The van der Waals surface area contributed by atoms with E-state index in [1.807, 2.05) is 12.1 Å². The Labute approximate surface area is 145 Å². The van der Waals surface area contributed by atoms with Gasteiger partial charge >= 0.3 is 0 Å². The van der Waals surface area contributed by atoms with Crippen LogP contribution in [0.5, 0.6) is 0 Å². The van der Waals surface area contributed by atoms with Crippen LogP contribution in [0.15, 0.2) is 24.3 Å². The van der Waals surface area contributed by atoms with Gasteiger partial charge in [-0.1, -0.05) is 25.0 Å². The molecule has 1 amide bonds. The highest BCUT2D eigenvalue weighted by atomic mass is 16.5. The Morgan fingerprint density at radius 3 is 2.50 bits per heavy atom. The van der Waals surface area contributed by atoms with Gasteiger partial charge < -0.3 is 15.8 Å². The summed E-state index contributed by atoms with van der Waals surface area (Å²) >= 11 is 0. The maximum Gasteiger partial charge on any atom is 0.224 e. The summed E-state index contributed by atoms with van der Waals surface area (Å²) in [5, 5.41) is 2.97. The zero-order valence-electron chi connectivity index (χ0n) is 14.6. The molecule has 0 bridgehead atoms. The molecular formula is C19H31N3O2. The van der Waals surface area contributed by atoms with E-state index >= 15 is 0 Å². The van der Waals surface area contributed by atoms with Crippen molar-refractivity contribution in [3.05, 3.63) is 29.8 Å². The van der Waals surface area contributed by atoms with Gasteiger partial charge in [-0.05, 0) is 43.5 Å². The van der Waals surface area contributed by atoms with Gasteiger partial charge in [0, 0.05) is 31.7 Å². The Kier molecular flexibility index (Phi) is 8.81. The minimum absolute atomic E-state index is 0.101. The molecule has 0 aromatic heterocycles. The van der Waals surface area contributed by atoms with E-state index in [-0.39, 0.29) is 5.91 Å². The molecule has 0 saturated carbocycles. The number of benzene rings is 1. The number of carbonyl (C=O) groups excluding carboxylic acids is 1. The third-order valence-corrected chi connectivity index (χ3v) is 4.42. The number of hydrogen-bond donors (Lipinski definition) is 2. The van der Waals surface area contributed by atoms with Gasteiger partial charge in [-0.2, -0.15) is 0 Å². The van der Waals surface area contributed by atoms with Crippen LogP contribution in [-0.4, -0.2) is 50.2 Å². The summed E-state index contributed by atoms with van der Waals surface area (Å²) in [7, 11) is 0. The van der Waals surface area contributed by atoms with E-state index in [2.05, 4.69) is 22.3 Å². The molecule has 1 aromatic carbocycles. The topological polar surface area (TPSA) is 67.6 Å². The number of morpholine rings is 1. The lowest BCUT2D eigenvalue weighted by Gasteiger charge is -2.26. The van der Waals surface area contributed by atoms with Crippen LogP contribution in [0, 0.1) is 0 Å². The maximum absolute atomic E-state index is 11.9. The molecule has 1 saturated heterocycles. The Morgan fingerprint density at radius 2 is 1.79 bits per heavy atom. The van der Waals surface area contributed by atoms with Crippen LogP contribution in [-0.2, 0) is 16.0 Å². The number of nitrogens with one attached hydrogen (secondary N) is 1. The van der Waals surface area contributed by atoms with Crippen molar-refractivity contribution >= 4 is 11.6 Å². The molecule has 0 radical (unpaired) electrons. The molecule has 1 heterocycles. The number of hydrogen-bond acceptors (Lipinski definition) is 4. The summed E-state index contributed by atoms with van der Waals surface area (Å²) in [5.74, 6) is 0.101. The smallest absolute Gasteiger partial charge is 0.224 e. The molecule has 1 aliphatic rings. The molecule has 24 heavy (non-hydrogen) atoms. The fraction of sp³-hybridized carbons (Fsp3) is 0.632. The van der Waals surface area contributed by atoms with Gasteiger partial charge in [0.1, 0.15) is 0 Å². The highest BCUT2D eigenvalue weighted by Crippen LogP contribution is 2.12. The summed E-state index contributed by atoms with van der Waals surface area (Å²) < 4.78 is 5.36. The number of rotatable bonds is 10. The first-order chi connectivity index (χ1) is 11.8. The average molecular weight is 333 g/mol. The maximum atomic E-state index is 11.9. The van der Waals surface area contributed by atoms with Crippen molar-refractivity contribution in [3.8, 4) is 0 Å². The van der Waals surface area contributed by atoms with Crippen LogP contribution in [0.4, 0.5) is 5.69 Å². The molecule has 3 N–H and O–H groups in total. The first-order valence-electron chi connectivity index (χ1n) is 9.17. The minimum Gasteiger partial charge on any atom is -0.379 e. The monoisotopic (exact) mass is 333 g/mol. The van der Waals surface area contributed by atoms with Crippen molar-refractivity contribution in [2.24, 2.45) is 5.73 Å². The SMILES string of the molecule is NCCCCCCC(=O)Nc1ccc(CCN2CCOCC2)cc1. The van der Waals surface area contributed by atoms with E-state index in [9.17, 15) is 4.79 Å². The third kappa shape index (κ3) is 7.43. The van der Waals surface area contributed by atoms with Crippen molar-refractivity contribution < 1.29 is 9.53 Å². The molecule has 2 rings (SSSR count). The largest absolute Gasteiger partial charge is 0.379 e. The number of ether oxygens (including phenoxy) is 1. The van der Waals surface area contributed by atoms with Crippen molar-refractivity contribution in [1.82, 2.24) is 4.90 Å². The quantitative estimate of drug-likeness (QED) is 0.645. The van der Waals surface area contributed by atoms with E-state index in [1.54, 1.807) is 0 Å². The molecule has 1 aromatic rings. The number of anilines is 1. The number of unbranched alkanes of at least 4 members (excludes halogenated alkanes) is 3. The number of amides is 1. The minimum atomic E-state index is 0.101. The highest BCUT2D eigenvalue weighted by molar-refractivity contribution is 5.90. The van der Waals surface area contributed by atoms with Gasteiger partial charge in [-0.3, -0.25) is 9.69 Å². The normalized spacial score (nSPS) is 15.4. The lowest BCUT2D eigenvalue weighted by Crippen LogP contribution is -2.37. The lowest BCUT2D eigenvalue weighted by molar-refractivity contribution is -0.116. The number of carbonyl (C=O) groups is 1. The summed E-state index contributed by atoms with van der Waals surface area (Å²) in [5.41, 5.74) is 7.65. The van der Waals surface area contributed by atoms with E-state index in [0.717, 1.165) is 77.2 Å². The average Bonchev–Trinajstić information content (AvgIpc) is 2.62. The van der Waals surface area contributed by atoms with Crippen LogP contribution in [0.3, 0.4) is 0 Å². The Hall–Kier alpha value is -1.43. The van der Waals surface area contributed by atoms with Gasteiger partial charge in [0.15, 0.2) is 0 Å². The Balaban J connectivity index is 1.64. The van der Waals surface area contributed by atoms with Gasteiger partial charge in [-0.25, -0.2) is 0 Å². The molecule has 1 aliphatic heterocycles. The Bertz CT molecular complexity index is 470. The van der Waals surface area contributed by atoms with Crippen LogP contribution < -0.4 is 11.1 Å². The van der Waals surface area contributed by atoms with Crippen LogP contribution in [0.25, 0.3) is 0 Å². The van der Waals surface area contributed by atoms with Crippen LogP contribution in [0.2, 0.25) is 0 Å². The zero-order valence-corrected chi connectivity index (χ0v) is 14.6. The van der Waals surface area contributed by atoms with Crippen LogP contribution >= 0.6 is 0 Å². The molecule has 5 nitrogen and oxygen atoms in total. The molecular weight excluding hydrogens is 302 g/mol. The van der Waals surface area contributed by atoms with Gasteiger partial charge in [0.2, 0.25) is 5.91 Å². The summed E-state index contributed by atoms with van der Waals surface area (Å²) in [6.45, 7) is 5.55. The molecule has 0 unspecified atom stereocenters. The van der Waals surface area contributed by atoms with E-state index in [0.29, 0.717) is 6.42 Å². The molecule has 5 heteroatoms. The van der Waals surface area contributed by atoms with E-state index in [1.165, 1.54) is 5.56 Å².